The molecule has 3 aromatic carbocycles. The molecule has 0 bridgehead atoms. The van der Waals surface area contributed by atoms with Gasteiger partial charge in [-0.25, -0.2) is 4.98 Å². The summed E-state index contributed by atoms with van der Waals surface area (Å²) in [6, 6.07) is 23.2. The number of nitrogens with one attached hydrogen (secondary N) is 2. The first kappa shape index (κ1) is 24.2. The smallest absolute Gasteiger partial charge is 0.303 e. The van der Waals surface area contributed by atoms with Crippen molar-refractivity contribution in [1.29, 1.82) is 0 Å². The fraction of sp³-hybridized carbons (Fsp3) is 0.241. The van der Waals surface area contributed by atoms with Gasteiger partial charge in [0.1, 0.15) is 12.4 Å². The number of rotatable bonds is 8. The van der Waals surface area contributed by atoms with Crippen molar-refractivity contribution in [3.05, 3.63) is 83.9 Å². The average Bonchev–Trinajstić information content (AvgIpc) is 3.29. The van der Waals surface area contributed by atoms with Crippen LogP contribution in [0, 0.1) is 0 Å². The molecule has 8 nitrogen and oxygen atoms in total. The van der Waals surface area contributed by atoms with Crippen LogP contribution in [0.4, 0.5) is 5.69 Å². The Balaban J connectivity index is 1.19. The third kappa shape index (κ3) is 5.53. The maximum atomic E-state index is 12.8. The van der Waals surface area contributed by atoms with E-state index in [-0.39, 0.29) is 37.1 Å². The van der Waals surface area contributed by atoms with Gasteiger partial charge in [-0.15, -0.1) is 0 Å². The van der Waals surface area contributed by atoms with Gasteiger partial charge in [0.25, 0.3) is 0 Å². The third-order valence-corrected chi connectivity index (χ3v) is 6.75. The van der Waals surface area contributed by atoms with Gasteiger partial charge in [-0.3, -0.25) is 14.4 Å². The summed E-state index contributed by atoms with van der Waals surface area (Å²) < 4.78 is 0. The number of fused-ring (bicyclic) bond motifs is 2. The van der Waals surface area contributed by atoms with E-state index in [1.54, 1.807) is 12.1 Å². The molecule has 2 heterocycles. The van der Waals surface area contributed by atoms with Gasteiger partial charge in [-0.2, -0.15) is 0 Å². The number of carbonyl (C=O) groups is 3. The van der Waals surface area contributed by atoms with Crippen molar-refractivity contribution >= 4 is 34.5 Å². The Morgan fingerprint density at radius 3 is 2.57 bits per heavy atom. The zero-order valence-corrected chi connectivity index (χ0v) is 20.3. The number of hydrogen-bond acceptors (Lipinski definition) is 4. The molecular formula is C29H28N4O4. The summed E-state index contributed by atoms with van der Waals surface area (Å²) in [5, 5.41) is 12.2. The van der Waals surface area contributed by atoms with Gasteiger partial charge < -0.3 is 20.3 Å². The highest BCUT2D eigenvalue weighted by molar-refractivity contribution is 6.00. The van der Waals surface area contributed by atoms with E-state index in [2.05, 4.69) is 15.3 Å². The van der Waals surface area contributed by atoms with Gasteiger partial charge >= 0.3 is 5.97 Å². The van der Waals surface area contributed by atoms with Gasteiger partial charge in [-0.05, 0) is 48.1 Å². The lowest BCUT2D eigenvalue weighted by molar-refractivity contribution is -0.137. The van der Waals surface area contributed by atoms with Gasteiger partial charge in [0.15, 0.2) is 0 Å². The van der Waals surface area contributed by atoms with Gasteiger partial charge in [-0.1, -0.05) is 54.6 Å². The number of anilines is 1. The number of benzene rings is 3. The number of carbonyl (C=O) groups excluding carboxylic acids is 2. The Morgan fingerprint density at radius 2 is 1.78 bits per heavy atom. The average molecular weight is 497 g/mol. The number of carboxylic acid groups (broad SMARTS) is 1. The number of hydrogen-bond donors (Lipinski definition) is 3. The van der Waals surface area contributed by atoms with Crippen molar-refractivity contribution in [2.75, 3.05) is 18.0 Å². The first-order chi connectivity index (χ1) is 18.0. The third-order valence-electron chi connectivity index (χ3n) is 6.75. The molecule has 8 heteroatoms. The number of aliphatic carboxylic acids is 1. The quantitative estimate of drug-likeness (QED) is 0.337. The van der Waals surface area contributed by atoms with Crippen LogP contribution in [0.3, 0.4) is 0 Å². The van der Waals surface area contributed by atoms with Crippen molar-refractivity contribution < 1.29 is 19.5 Å². The number of nitrogens with zero attached hydrogens (tertiary/aromatic N) is 2. The van der Waals surface area contributed by atoms with Crippen LogP contribution in [-0.4, -0.2) is 45.9 Å². The number of imidazole rings is 1. The maximum Gasteiger partial charge on any atom is 0.303 e. The first-order valence-electron chi connectivity index (χ1n) is 12.4. The number of aromatic nitrogens is 2. The number of carboxylic acids is 1. The van der Waals surface area contributed by atoms with Gasteiger partial charge in [0, 0.05) is 24.2 Å². The van der Waals surface area contributed by atoms with Crippen molar-refractivity contribution in [3.8, 4) is 11.4 Å². The summed E-state index contributed by atoms with van der Waals surface area (Å²) >= 11 is 0. The molecule has 0 saturated carbocycles. The largest absolute Gasteiger partial charge is 0.481 e. The first-order valence-corrected chi connectivity index (χ1v) is 12.4. The summed E-state index contributed by atoms with van der Waals surface area (Å²) in [5.74, 6) is -0.762. The van der Waals surface area contributed by atoms with Crippen molar-refractivity contribution in [2.24, 2.45) is 0 Å². The van der Waals surface area contributed by atoms with Crippen LogP contribution in [0.25, 0.3) is 22.4 Å². The number of amides is 2. The van der Waals surface area contributed by atoms with Crippen molar-refractivity contribution in [1.82, 2.24) is 15.3 Å². The molecule has 0 fully saturated rings. The van der Waals surface area contributed by atoms with E-state index in [9.17, 15) is 19.5 Å². The molecule has 5 rings (SSSR count). The second-order valence-electron chi connectivity index (χ2n) is 9.27. The highest BCUT2D eigenvalue weighted by atomic mass is 16.4. The minimum absolute atomic E-state index is 0.0422. The molecule has 3 N–H and O–H groups in total. The van der Waals surface area contributed by atoms with E-state index in [0.29, 0.717) is 25.1 Å². The molecule has 1 unspecified atom stereocenters. The molecule has 0 radical (unpaired) electrons. The topological polar surface area (TPSA) is 115 Å². The van der Waals surface area contributed by atoms with Crippen molar-refractivity contribution in [2.45, 2.75) is 31.6 Å². The Hall–Kier alpha value is -4.46. The standard InChI is InChI=1S/C29H28N4O4/c34-26(18-33-25-8-4-1-5-22(25)21(17-28(36)37)13-14-27(33)35)30-16-15-19-9-11-20(12-10-19)29-31-23-6-2-3-7-24(23)32-29/h1-12,21H,13-18H2,(H,30,34)(H,31,32)(H,36,37). The Bertz CT molecular complexity index is 1410. The number of H-pyrrole nitrogens is 1. The molecule has 1 aliphatic rings. The van der Waals surface area contributed by atoms with Crippen LogP contribution < -0.4 is 10.2 Å². The minimum Gasteiger partial charge on any atom is -0.481 e. The Morgan fingerprint density at radius 1 is 1.03 bits per heavy atom. The van der Waals surface area contributed by atoms with Crippen LogP contribution in [0.5, 0.6) is 0 Å². The van der Waals surface area contributed by atoms with E-state index < -0.39 is 5.97 Å². The van der Waals surface area contributed by atoms with E-state index in [4.69, 9.17) is 0 Å². The molecule has 188 valence electrons. The summed E-state index contributed by atoms with van der Waals surface area (Å²) in [5.41, 5.74) is 5.40. The molecule has 37 heavy (non-hydrogen) atoms. The van der Waals surface area contributed by atoms with Gasteiger partial charge in [0.2, 0.25) is 11.8 Å². The van der Waals surface area contributed by atoms with Crippen LogP contribution in [0.15, 0.2) is 72.8 Å². The summed E-state index contributed by atoms with van der Waals surface area (Å²) in [6.45, 7) is 0.342. The zero-order chi connectivity index (χ0) is 25.8. The second-order valence-corrected chi connectivity index (χ2v) is 9.27. The highest BCUT2D eigenvalue weighted by Crippen LogP contribution is 2.36. The predicted octanol–water partition coefficient (Wildman–Crippen LogP) is 4.27. The lowest BCUT2D eigenvalue weighted by Crippen LogP contribution is -2.41. The fourth-order valence-corrected chi connectivity index (χ4v) is 4.86. The maximum absolute atomic E-state index is 12.8. The molecule has 0 spiro atoms. The number of aromatic amines is 1. The molecule has 4 aromatic rings. The van der Waals surface area contributed by atoms with Gasteiger partial charge in [0.05, 0.1) is 17.5 Å². The molecule has 0 saturated heterocycles. The summed E-state index contributed by atoms with van der Waals surface area (Å²) in [4.78, 5) is 46.3. The normalized spacial score (nSPS) is 15.3. The predicted molar refractivity (Wildman–Crippen MR) is 141 cm³/mol. The summed E-state index contributed by atoms with van der Waals surface area (Å²) in [6.07, 6.45) is 1.26. The van der Waals surface area contributed by atoms with Crippen LogP contribution >= 0.6 is 0 Å². The summed E-state index contributed by atoms with van der Waals surface area (Å²) in [7, 11) is 0. The van der Waals surface area contributed by atoms with E-state index in [0.717, 1.165) is 33.5 Å². The monoisotopic (exact) mass is 496 g/mol. The lowest BCUT2D eigenvalue weighted by Gasteiger charge is -2.23. The second kappa shape index (κ2) is 10.7. The molecule has 2 amide bonds. The fourth-order valence-electron chi connectivity index (χ4n) is 4.86. The van der Waals surface area contributed by atoms with Crippen LogP contribution in [0.2, 0.25) is 0 Å². The molecular weight excluding hydrogens is 468 g/mol. The highest BCUT2D eigenvalue weighted by Gasteiger charge is 2.30. The Kier molecular flexibility index (Phi) is 6.98. The van der Waals surface area contributed by atoms with E-state index in [1.807, 2.05) is 60.7 Å². The van der Waals surface area contributed by atoms with E-state index in [1.165, 1.54) is 4.90 Å². The number of para-hydroxylation sites is 3. The lowest BCUT2D eigenvalue weighted by atomic mass is 9.91. The SMILES string of the molecule is O=C(O)CC1CCC(=O)N(CC(=O)NCCc2ccc(-c3nc4ccccc4[nH]3)cc2)c2ccccc21. The van der Waals surface area contributed by atoms with Crippen LogP contribution in [-0.2, 0) is 20.8 Å². The zero-order valence-electron chi connectivity index (χ0n) is 20.3. The Labute approximate surface area is 214 Å². The van der Waals surface area contributed by atoms with Crippen molar-refractivity contribution in [3.63, 3.8) is 0 Å². The molecule has 1 aromatic heterocycles. The van der Waals surface area contributed by atoms with E-state index >= 15 is 0 Å². The van der Waals surface area contributed by atoms with Crippen LogP contribution in [0.1, 0.15) is 36.3 Å². The molecule has 1 atom stereocenters. The minimum atomic E-state index is -0.899. The molecule has 1 aliphatic heterocycles. The molecule has 0 aliphatic carbocycles.